The molecule has 3 aliphatic rings. The van der Waals surface area contributed by atoms with E-state index in [2.05, 4.69) is 63.8 Å². The molecule has 2 amide bonds. The predicted octanol–water partition coefficient (Wildman–Crippen LogP) is 6.87. The van der Waals surface area contributed by atoms with Crippen LogP contribution in [0.2, 0.25) is 0 Å². The third-order valence-corrected chi connectivity index (χ3v) is 9.43. The largest absolute Gasteiger partial charge is 0.453 e. The SMILES string of the molecule is COC(=O)N[C@@H](C(=O)N(C)[C@@H](C)c1ncc(-c2ccc(-c3ccc(C45CCC(CC4)CC5)cc3)cc2)[nH]1)C(C)C. The molecule has 0 radical (unpaired) electrons. The fourth-order valence-electron chi connectivity index (χ4n) is 6.53. The van der Waals surface area contributed by atoms with Gasteiger partial charge in [0, 0.05) is 7.05 Å². The van der Waals surface area contributed by atoms with Crippen LogP contribution in [0.15, 0.2) is 54.7 Å². The first kappa shape index (κ1) is 27.9. The van der Waals surface area contributed by atoms with Gasteiger partial charge in [-0.25, -0.2) is 9.78 Å². The Morgan fingerprint density at radius 3 is 2.05 bits per heavy atom. The molecule has 2 N–H and O–H groups in total. The van der Waals surface area contributed by atoms with Crippen molar-refractivity contribution in [2.24, 2.45) is 11.8 Å². The lowest BCUT2D eigenvalue weighted by molar-refractivity contribution is -0.135. The van der Waals surface area contributed by atoms with Crippen molar-refractivity contribution in [3.8, 4) is 22.4 Å². The van der Waals surface area contributed by atoms with Crippen molar-refractivity contribution in [3.63, 3.8) is 0 Å². The number of hydrogen-bond donors (Lipinski definition) is 2. The molecule has 2 atom stereocenters. The first-order valence-corrected chi connectivity index (χ1v) is 14.6. The summed E-state index contributed by atoms with van der Waals surface area (Å²) in [5, 5.41) is 2.65. The van der Waals surface area contributed by atoms with E-state index in [1.807, 2.05) is 20.8 Å². The Labute approximate surface area is 237 Å². The van der Waals surface area contributed by atoms with Gasteiger partial charge in [-0.3, -0.25) is 4.79 Å². The fourth-order valence-corrected chi connectivity index (χ4v) is 6.53. The minimum Gasteiger partial charge on any atom is -0.453 e. The van der Waals surface area contributed by atoms with E-state index in [4.69, 9.17) is 4.74 Å². The van der Waals surface area contributed by atoms with Crippen LogP contribution in [0.4, 0.5) is 4.79 Å². The maximum atomic E-state index is 13.2. The second kappa shape index (κ2) is 11.5. The molecule has 6 rings (SSSR count). The van der Waals surface area contributed by atoms with Crippen molar-refractivity contribution < 1.29 is 14.3 Å². The molecule has 3 fully saturated rings. The minimum absolute atomic E-state index is 0.0925. The highest BCUT2D eigenvalue weighted by atomic mass is 16.5. The number of hydrogen-bond acceptors (Lipinski definition) is 4. The number of nitrogens with one attached hydrogen (secondary N) is 2. The number of aromatic nitrogens is 2. The smallest absolute Gasteiger partial charge is 0.407 e. The quantitative estimate of drug-likeness (QED) is 0.325. The summed E-state index contributed by atoms with van der Waals surface area (Å²) in [7, 11) is 3.01. The molecule has 0 saturated heterocycles. The van der Waals surface area contributed by atoms with Crippen LogP contribution in [-0.2, 0) is 14.9 Å². The van der Waals surface area contributed by atoms with Crippen LogP contribution < -0.4 is 5.32 Å². The van der Waals surface area contributed by atoms with Gasteiger partial charge in [-0.05, 0) is 85.0 Å². The van der Waals surface area contributed by atoms with Crippen LogP contribution in [0.3, 0.4) is 0 Å². The summed E-state index contributed by atoms with van der Waals surface area (Å²) in [6.45, 7) is 5.70. The highest BCUT2D eigenvalue weighted by Gasteiger charge is 2.41. The van der Waals surface area contributed by atoms with Gasteiger partial charge < -0.3 is 19.9 Å². The highest BCUT2D eigenvalue weighted by molar-refractivity contribution is 5.86. The van der Waals surface area contributed by atoms with Crippen molar-refractivity contribution in [2.75, 3.05) is 14.2 Å². The second-order valence-electron chi connectivity index (χ2n) is 12.1. The number of ether oxygens (including phenoxy) is 1. The summed E-state index contributed by atoms with van der Waals surface area (Å²) >= 11 is 0. The van der Waals surface area contributed by atoms with Gasteiger partial charge in [-0.1, -0.05) is 62.4 Å². The molecule has 3 saturated carbocycles. The van der Waals surface area contributed by atoms with E-state index < -0.39 is 12.1 Å². The van der Waals surface area contributed by atoms with Gasteiger partial charge in [-0.15, -0.1) is 0 Å². The maximum absolute atomic E-state index is 13.2. The first-order valence-electron chi connectivity index (χ1n) is 14.6. The Balaban J connectivity index is 1.26. The summed E-state index contributed by atoms with van der Waals surface area (Å²) < 4.78 is 4.70. The van der Waals surface area contributed by atoms with Gasteiger partial charge in [-0.2, -0.15) is 0 Å². The van der Waals surface area contributed by atoms with Gasteiger partial charge in [0.2, 0.25) is 5.91 Å². The van der Waals surface area contributed by atoms with Crippen molar-refractivity contribution >= 4 is 12.0 Å². The lowest BCUT2D eigenvalue weighted by atomic mass is 9.58. The second-order valence-corrected chi connectivity index (χ2v) is 12.1. The third-order valence-electron chi connectivity index (χ3n) is 9.43. The molecule has 0 spiro atoms. The lowest BCUT2D eigenvalue weighted by Crippen LogP contribution is -2.50. The minimum atomic E-state index is -0.687. The van der Waals surface area contributed by atoms with Crippen LogP contribution in [0.25, 0.3) is 22.4 Å². The molecule has 3 aromatic rings. The number of amides is 2. The van der Waals surface area contributed by atoms with E-state index in [9.17, 15) is 9.59 Å². The summed E-state index contributed by atoms with van der Waals surface area (Å²) in [5.41, 5.74) is 6.29. The van der Waals surface area contributed by atoms with Crippen LogP contribution in [0.5, 0.6) is 0 Å². The van der Waals surface area contributed by atoms with Gasteiger partial charge in [0.15, 0.2) is 0 Å². The zero-order valence-electron chi connectivity index (χ0n) is 24.4. The third kappa shape index (κ3) is 5.51. The van der Waals surface area contributed by atoms with Crippen molar-refractivity contribution in [3.05, 3.63) is 66.1 Å². The van der Waals surface area contributed by atoms with Crippen molar-refractivity contribution in [1.29, 1.82) is 0 Å². The summed E-state index contributed by atoms with van der Waals surface area (Å²) in [6.07, 6.45) is 9.43. The van der Waals surface area contributed by atoms with Gasteiger partial charge in [0.05, 0.1) is 25.0 Å². The number of aromatic amines is 1. The maximum Gasteiger partial charge on any atom is 0.407 e. The predicted molar refractivity (Wildman–Crippen MR) is 158 cm³/mol. The topological polar surface area (TPSA) is 87.3 Å². The van der Waals surface area contributed by atoms with Gasteiger partial charge >= 0.3 is 6.09 Å². The Hall–Kier alpha value is -3.61. The average Bonchev–Trinajstić information content (AvgIpc) is 3.50. The van der Waals surface area contributed by atoms with E-state index in [0.717, 1.165) is 17.2 Å². The van der Waals surface area contributed by atoms with E-state index in [1.54, 1.807) is 18.1 Å². The number of rotatable bonds is 8. The number of likely N-dealkylation sites (N-methyl/N-ethyl adjacent to an activating group) is 1. The molecule has 212 valence electrons. The number of methoxy groups -OCH3 is 1. The number of carbonyl (C=O) groups excluding carboxylic acids is 2. The van der Waals surface area contributed by atoms with Crippen molar-refractivity contribution in [1.82, 2.24) is 20.2 Å². The Morgan fingerprint density at radius 2 is 1.50 bits per heavy atom. The number of nitrogens with zero attached hydrogens (tertiary/aromatic N) is 2. The zero-order valence-corrected chi connectivity index (χ0v) is 24.4. The molecule has 40 heavy (non-hydrogen) atoms. The normalized spacial score (nSPS) is 21.6. The zero-order chi connectivity index (χ0) is 28.4. The number of imidazole rings is 1. The van der Waals surface area contributed by atoms with E-state index in [1.165, 1.54) is 62.3 Å². The fraction of sp³-hybridized carbons (Fsp3) is 0.485. The molecule has 3 aliphatic carbocycles. The molecule has 2 aromatic carbocycles. The van der Waals surface area contributed by atoms with Crippen LogP contribution in [-0.4, -0.2) is 47.1 Å². The van der Waals surface area contributed by atoms with Crippen LogP contribution in [0.1, 0.15) is 76.7 Å². The summed E-state index contributed by atoms with van der Waals surface area (Å²) in [5.74, 6) is 1.37. The lowest BCUT2D eigenvalue weighted by Gasteiger charge is -2.47. The molecule has 2 bridgehead atoms. The van der Waals surface area contributed by atoms with Crippen molar-refractivity contribution in [2.45, 2.75) is 76.8 Å². The summed E-state index contributed by atoms with van der Waals surface area (Å²) in [6, 6.07) is 16.8. The van der Waals surface area contributed by atoms with E-state index >= 15 is 0 Å². The number of benzene rings is 2. The standard InChI is InChI=1S/C33H42N4O3/c1-21(2)29(36-32(39)40-5)31(38)37(4)22(3)30-34-20-28(35-30)26-8-6-24(7-9-26)25-10-12-27(13-11-25)33-17-14-23(15-18-33)16-19-33/h6-13,20-23,29H,14-19H2,1-5H3,(H,34,35)(H,36,39)/t22-,23?,29+,33?/m0/s1. The Bertz CT molecular complexity index is 1310. The first-order chi connectivity index (χ1) is 19.2. The molecule has 0 aliphatic heterocycles. The molecule has 1 aromatic heterocycles. The number of H-pyrrole nitrogens is 1. The molecule has 7 nitrogen and oxygen atoms in total. The van der Waals surface area contributed by atoms with Gasteiger partial charge in [0.25, 0.3) is 0 Å². The Morgan fingerprint density at radius 1 is 0.950 bits per heavy atom. The van der Waals surface area contributed by atoms with Crippen LogP contribution >= 0.6 is 0 Å². The molecule has 7 heteroatoms. The number of alkyl carbamates (subject to hydrolysis) is 1. The average molecular weight is 543 g/mol. The highest BCUT2D eigenvalue weighted by Crippen LogP contribution is 2.51. The van der Waals surface area contributed by atoms with Gasteiger partial charge in [0.1, 0.15) is 11.9 Å². The molecule has 1 heterocycles. The number of fused-ring (bicyclic) bond motifs is 3. The number of carbonyl (C=O) groups is 2. The summed E-state index contributed by atoms with van der Waals surface area (Å²) in [4.78, 5) is 34.5. The monoisotopic (exact) mass is 542 g/mol. The van der Waals surface area contributed by atoms with Crippen LogP contribution in [0, 0.1) is 11.8 Å². The molecule has 0 unspecified atom stereocenters. The van der Waals surface area contributed by atoms with E-state index in [-0.39, 0.29) is 17.9 Å². The van der Waals surface area contributed by atoms with E-state index in [0.29, 0.717) is 11.2 Å². The Kier molecular flexibility index (Phi) is 8.02. The molecular weight excluding hydrogens is 500 g/mol. The molecular formula is C33H42N4O3.